The predicted molar refractivity (Wildman–Crippen MR) is 90.0 cm³/mol. The zero-order chi connectivity index (χ0) is 14.5. The molecular weight excluding hydrogens is 356 g/mol. The molecule has 0 spiro atoms. The minimum Gasteiger partial charge on any atom is -0.492 e. The number of halogens is 2. The molecule has 1 saturated heterocycles. The standard InChI is InChI=1S/C15H21BrN2O2.ClH/c1-11-4-5-14(13(16)9-11)20-8-6-15(19)18-7-2-3-12(18)10-17;/h4-5,9,12H,2-3,6-8,10,17H2,1H3;1H. The van der Waals surface area contributed by atoms with Crippen molar-refractivity contribution in [3.05, 3.63) is 28.2 Å². The summed E-state index contributed by atoms with van der Waals surface area (Å²) < 4.78 is 6.59. The molecule has 2 N–H and O–H groups in total. The van der Waals surface area contributed by atoms with E-state index in [0.29, 0.717) is 19.6 Å². The minimum atomic E-state index is 0. The van der Waals surface area contributed by atoms with Crippen LogP contribution < -0.4 is 10.5 Å². The van der Waals surface area contributed by atoms with Crippen LogP contribution in [0.15, 0.2) is 22.7 Å². The summed E-state index contributed by atoms with van der Waals surface area (Å²) >= 11 is 3.46. The Labute approximate surface area is 140 Å². The van der Waals surface area contributed by atoms with Gasteiger partial charge in [0.05, 0.1) is 17.5 Å². The number of benzene rings is 1. The van der Waals surface area contributed by atoms with Crippen molar-refractivity contribution >= 4 is 34.2 Å². The number of nitrogens with two attached hydrogens (primary N) is 1. The summed E-state index contributed by atoms with van der Waals surface area (Å²) in [5.74, 6) is 0.918. The van der Waals surface area contributed by atoms with Gasteiger partial charge in [-0.1, -0.05) is 6.07 Å². The molecule has 1 atom stereocenters. The van der Waals surface area contributed by atoms with Gasteiger partial charge in [-0.25, -0.2) is 0 Å². The largest absolute Gasteiger partial charge is 0.492 e. The molecule has 1 aliphatic rings. The highest BCUT2D eigenvalue weighted by Gasteiger charge is 2.27. The summed E-state index contributed by atoms with van der Waals surface area (Å²) in [6, 6.07) is 6.13. The van der Waals surface area contributed by atoms with E-state index in [1.807, 2.05) is 30.0 Å². The molecule has 1 aromatic rings. The van der Waals surface area contributed by atoms with Crippen molar-refractivity contribution in [2.75, 3.05) is 19.7 Å². The molecule has 0 aliphatic carbocycles. The van der Waals surface area contributed by atoms with Crippen molar-refractivity contribution in [2.45, 2.75) is 32.2 Å². The van der Waals surface area contributed by atoms with E-state index in [1.54, 1.807) is 0 Å². The smallest absolute Gasteiger partial charge is 0.226 e. The van der Waals surface area contributed by atoms with Crippen LogP contribution in [0.4, 0.5) is 0 Å². The van der Waals surface area contributed by atoms with Crippen LogP contribution in [0.5, 0.6) is 5.75 Å². The van der Waals surface area contributed by atoms with Crippen LogP contribution >= 0.6 is 28.3 Å². The minimum absolute atomic E-state index is 0. The Morgan fingerprint density at radius 3 is 2.95 bits per heavy atom. The van der Waals surface area contributed by atoms with Gasteiger partial charge in [-0.2, -0.15) is 0 Å². The second kappa shape index (κ2) is 8.61. The molecule has 0 radical (unpaired) electrons. The lowest BCUT2D eigenvalue weighted by atomic mass is 10.2. The number of ether oxygens (including phenoxy) is 1. The van der Waals surface area contributed by atoms with Crippen LogP contribution in [0.25, 0.3) is 0 Å². The average Bonchev–Trinajstić information content (AvgIpc) is 2.89. The number of amides is 1. The van der Waals surface area contributed by atoms with Crippen LogP contribution in [0.2, 0.25) is 0 Å². The molecule has 118 valence electrons. The lowest BCUT2D eigenvalue weighted by molar-refractivity contribution is -0.132. The molecule has 1 fully saturated rings. The van der Waals surface area contributed by atoms with E-state index in [2.05, 4.69) is 15.9 Å². The van der Waals surface area contributed by atoms with Gasteiger partial charge in [0.25, 0.3) is 0 Å². The van der Waals surface area contributed by atoms with Crippen LogP contribution in [0, 0.1) is 6.92 Å². The Bertz CT molecular complexity index is 485. The van der Waals surface area contributed by atoms with Crippen LogP contribution in [-0.2, 0) is 4.79 Å². The van der Waals surface area contributed by atoms with Crippen molar-refractivity contribution in [1.29, 1.82) is 0 Å². The highest BCUT2D eigenvalue weighted by Crippen LogP contribution is 2.26. The quantitative estimate of drug-likeness (QED) is 0.858. The molecule has 0 bridgehead atoms. The zero-order valence-electron chi connectivity index (χ0n) is 12.2. The number of carbonyl (C=O) groups is 1. The number of rotatable bonds is 5. The molecular formula is C15H22BrClN2O2. The summed E-state index contributed by atoms with van der Waals surface area (Å²) in [7, 11) is 0. The van der Waals surface area contributed by atoms with Gasteiger partial charge >= 0.3 is 0 Å². The second-order valence-electron chi connectivity index (χ2n) is 5.15. The first-order valence-electron chi connectivity index (χ1n) is 7.00. The molecule has 1 unspecified atom stereocenters. The number of carbonyl (C=O) groups excluding carboxylic acids is 1. The van der Waals surface area contributed by atoms with Crippen molar-refractivity contribution in [3.63, 3.8) is 0 Å². The topological polar surface area (TPSA) is 55.6 Å². The van der Waals surface area contributed by atoms with Gasteiger partial charge in [0.15, 0.2) is 0 Å². The average molecular weight is 378 g/mol. The SMILES string of the molecule is Cc1ccc(OCCC(=O)N2CCCC2CN)c(Br)c1.Cl. The van der Waals surface area contributed by atoms with Gasteiger partial charge in [-0.3, -0.25) is 4.79 Å². The normalized spacial score (nSPS) is 17.5. The maximum Gasteiger partial charge on any atom is 0.226 e. The summed E-state index contributed by atoms with van der Waals surface area (Å²) in [6.45, 7) is 3.80. The molecule has 2 rings (SSSR count). The van der Waals surface area contributed by atoms with E-state index >= 15 is 0 Å². The molecule has 1 aliphatic heterocycles. The Morgan fingerprint density at radius 2 is 2.29 bits per heavy atom. The van der Waals surface area contributed by atoms with E-state index < -0.39 is 0 Å². The Hall–Kier alpha value is -0.780. The lowest BCUT2D eigenvalue weighted by Crippen LogP contribution is -2.40. The fourth-order valence-electron chi connectivity index (χ4n) is 2.52. The molecule has 0 saturated carbocycles. The third-order valence-corrected chi connectivity index (χ3v) is 4.25. The van der Waals surface area contributed by atoms with Gasteiger partial charge in [0.1, 0.15) is 5.75 Å². The Morgan fingerprint density at radius 1 is 1.52 bits per heavy atom. The van der Waals surface area contributed by atoms with E-state index in [1.165, 1.54) is 5.56 Å². The molecule has 1 amide bonds. The maximum absolute atomic E-state index is 12.1. The van der Waals surface area contributed by atoms with Crippen molar-refractivity contribution in [3.8, 4) is 5.75 Å². The van der Waals surface area contributed by atoms with E-state index in [0.717, 1.165) is 29.6 Å². The Balaban J connectivity index is 0.00000220. The summed E-state index contributed by atoms with van der Waals surface area (Å²) in [6.07, 6.45) is 2.47. The second-order valence-corrected chi connectivity index (χ2v) is 6.01. The highest BCUT2D eigenvalue weighted by atomic mass is 79.9. The fourth-order valence-corrected chi connectivity index (χ4v) is 3.13. The first-order chi connectivity index (χ1) is 9.61. The van der Waals surface area contributed by atoms with Gasteiger partial charge in [0, 0.05) is 19.1 Å². The summed E-state index contributed by atoms with van der Waals surface area (Å²) in [5, 5.41) is 0. The first kappa shape index (κ1) is 18.3. The van der Waals surface area contributed by atoms with Crippen LogP contribution in [-0.4, -0.2) is 36.5 Å². The Kier molecular flexibility index (Phi) is 7.49. The molecule has 0 aromatic heterocycles. The third-order valence-electron chi connectivity index (χ3n) is 3.63. The van der Waals surface area contributed by atoms with E-state index in [4.69, 9.17) is 10.5 Å². The van der Waals surface area contributed by atoms with Crippen LogP contribution in [0.3, 0.4) is 0 Å². The molecule has 6 heteroatoms. The van der Waals surface area contributed by atoms with Gasteiger partial charge < -0.3 is 15.4 Å². The maximum atomic E-state index is 12.1. The highest BCUT2D eigenvalue weighted by molar-refractivity contribution is 9.10. The van der Waals surface area contributed by atoms with E-state index in [-0.39, 0.29) is 24.4 Å². The van der Waals surface area contributed by atoms with Gasteiger partial charge in [0.2, 0.25) is 5.91 Å². The van der Waals surface area contributed by atoms with Gasteiger partial charge in [-0.15, -0.1) is 12.4 Å². The third kappa shape index (κ3) is 4.87. The fraction of sp³-hybridized carbons (Fsp3) is 0.533. The zero-order valence-corrected chi connectivity index (χ0v) is 14.6. The number of nitrogens with zero attached hydrogens (tertiary/aromatic N) is 1. The van der Waals surface area contributed by atoms with E-state index in [9.17, 15) is 4.79 Å². The number of aryl methyl sites for hydroxylation is 1. The van der Waals surface area contributed by atoms with Crippen LogP contribution in [0.1, 0.15) is 24.8 Å². The predicted octanol–water partition coefficient (Wildman–Crippen LogP) is 2.90. The van der Waals surface area contributed by atoms with Crippen molar-refractivity contribution in [1.82, 2.24) is 4.90 Å². The van der Waals surface area contributed by atoms with Crippen molar-refractivity contribution < 1.29 is 9.53 Å². The molecule has 4 nitrogen and oxygen atoms in total. The first-order valence-corrected chi connectivity index (χ1v) is 7.79. The molecule has 1 heterocycles. The number of hydrogen-bond acceptors (Lipinski definition) is 3. The monoisotopic (exact) mass is 376 g/mol. The van der Waals surface area contributed by atoms with Gasteiger partial charge in [-0.05, 0) is 53.4 Å². The number of likely N-dealkylation sites (tertiary alicyclic amines) is 1. The molecule has 21 heavy (non-hydrogen) atoms. The summed E-state index contributed by atoms with van der Waals surface area (Å²) in [4.78, 5) is 14.0. The molecule has 1 aromatic carbocycles. The number of hydrogen-bond donors (Lipinski definition) is 1. The van der Waals surface area contributed by atoms with Crippen molar-refractivity contribution in [2.24, 2.45) is 5.73 Å². The lowest BCUT2D eigenvalue weighted by Gasteiger charge is -2.23. The summed E-state index contributed by atoms with van der Waals surface area (Å²) in [5.41, 5.74) is 6.85.